The van der Waals surface area contributed by atoms with Crippen LogP contribution in [0.4, 0.5) is 32.3 Å². The third kappa shape index (κ3) is 3.86. The summed E-state index contributed by atoms with van der Waals surface area (Å²) in [5, 5.41) is 2.40. The molecule has 0 saturated heterocycles. The van der Waals surface area contributed by atoms with Crippen molar-refractivity contribution in [2.45, 2.75) is 25.8 Å². The first kappa shape index (κ1) is 16.0. The Morgan fingerprint density at radius 3 is 2.32 bits per heavy atom. The fraction of sp³-hybridized carbons (Fsp3) is 0.364. The Morgan fingerprint density at radius 1 is 1.09 bits per heavy atom. The maximum atomic E-state index is 12.6. The van der Waals surface area contributed by atoms with Gasteiger partial charge in [-0.1, -0.05) is 0 Å². The van der Waals surface area contributed by atoms with Crippen molar-refractivity contribution in [3.8, 4) is 0 Å². The van der Waals surface area contributed by atoms with E-state index in [1.165, 1.54) is 6.92 Å². The minimum absolute atomic E-state index is 0.0697. The first-order valence-corrected chi connectivity index (χ1v) is 5.83. The number of aryl methyl sites for hydroxylation is 1. The number of anilines is 1. The maximum Gasteiger partial charge on any atom is 0.433 e. The summed E-state index contributed by atoms with van der Waals surface area (Å²) in [7, 11) is 0. The molecule has 2 rings (SSSR count). The van der Waals surface area contributed by atoms with E-state index in [2.05, 4.69) is 20.3 Å². The monoisotopic (exact) mass is 325 g/mol. The fourth-order valence-corrected chi connectivity index (χ4v) is 1.55. The zero-order chi connectivity index (χ0) is 16.5. The van der Waals surface area contributed by atoms with Crippen molar-refractivity contribution in [2.75, 3.05) is 5.32 Å². The molecular formula is C11H9F6N5. The van der Waals surface area contributed by atoms with Crippen LogP contribution in [-0.4, -0.2) is 19.9 Å². The van der Waals surface area contributed by atoms with E-state index in [4.69, 9.17) is 0 Å². The van der Waals surface area contributed by atoms with Crippen LogP contribution < -0.4 is 5.32 Å². The lowest BCUT2D eigenvalue weighted by Crippen LogP contribution is -2.13. The summed E-state index contributed by atoms with van der Waals surface area (Å²) >= 11 is 0. The molecule has 2 heterocycles. The molecule has 11 heteroatoms. The molecule has 0 aliphatic rings. The Labute approximate surface area is 119 Å². The van der Waals surface area contributed by atoms with Gasteiger partial charge in [-0.05, 0) is 13.0 Å². The molecule has 0 bridgehead atoms. The van der Waals surface area contributed by atoms with Crippen molar-refractivity contribution >= 4 is 5.95 Å². The summed E-state index contributed by atoms with van der Waals surface area (Å²) in [5.74, 6) is -0.455. The predicted molar refractivity (Wildman–Crippen MR) is 62.7 cm³/mol. The number of hydrogen-bond donors (Lipinski definition) is 2. The van der Waals surface area contributed by atoms with Crippen molar-refractivity contribution in [3.63, 3.8) is 0 Å². The Morgan fingerprint density at radius 2 is 1.77 bits per heavy atom. The molecule has 0 fully saturated rings. The average molecular weight is 325 g/mol. The molecule has 2 aromatic heterocycles. The Balaban J connectivity index is 2.12. The maximum absolute atomic E-state index is 12.6. The highest BCUT2D eigenvalue weighted by Crippen LogP contribution is 2.29. The third-order valence-corrected chi connectivity index (χ3v) is 2.49. The highest BCUT2D eigenvalue weighted by Gasteiger charge is 2.34. The van der Waals surface area contributed by atoms with Gasteiger partial charge in [0.1, 0.15) is 17.2 Å². The number of aromatic amines is 1. The SMILES string of the molecule is Cc1cc(C(F)(F)F)nc(NCc2ncc(C(F)(F)F)[nH]2)n1. The summed E-state index contributed by atoms with van der Waals surface area (Å²) in [5.41, 5.74) is -2.12. The third-order valence-electron chi connectivity index (χ3n) is 2.49. The first-order chi connectivity index (χ1) is 10.1. The van der Waals surface area contributed by atoms with Crippen LogP contribution in [0, 0.1) is 6.92 Å². The van der Waals surface area contributed by atoms with Gasteiger partial charge in [0.25, 0.3) is 0 Å². The number of alkyl halides is 6. The van der Waals surface area contributed by atoms with Crippen molar-refractivity contribution in [1.82, 2.24) is 19.9 Å². The predicted octanol–water partition coefficient (Wildman–Crippen LogP) is 3.16. The molecule has 0 radical (unpaired) electrons. The fourth-order valence-electron chi connectivity index (χ4n) is 1.55. The Bertz CT molecular complexity index is 660. The van der Waals surface area contributed by atoms with Crippen molar-refractivity contribution in [3.05, 3.63) is 35.2 Å². The average Bonchev–Trinajstić information content (AvgIpc) is 2.83. The van der Waals surface area contributed by atoms with Gasteiger partial charge < -0.3 is 10.3 Å². The molecule has 0 atom stereocenters. The van der Waals surface area contributed by atoms with Gasteiger partial charge in [0.15, 0.2) is 0 Å². The van der Waals surface area contributed by atoms with Crippen LogP contribution in [0.25, 0.3) is 0 Å². The number of imidazole rings is 1. The second kappa shape index (κ2) is 5.46. The van der Waals surface area contributed by atoms with Gasteiger partial charge in [-0.15, -0.1) is 0 Å². The molecular weight excluding hydrogens is 316 g/mol. The summed E-state index contributed by atoms with van der Waals surface area (Å²) in [6.45, 7) is 1.06. The second-order valence-corrected chi connectivity index (χ2v) is 4.31. The summed E-state index contributed by atoms with van der Waals surface area (Å²) < 4.78 is 74.8. The summed E-state index contributed by atoms with van der Waals surface area (Å²) in [6, 6.07) is 0.764. The minimum Gasteiger partial charge on any atom is -0.347 e. The minimum atomic E-state index is -4.64. The molecule has 0 saturated carbocycles. The van der Waals surface area contributed by atoms with Gasteiger partial charge in [0.05, 0.1) is 12.7 Å². The number of H-pyrrole nitrogens is 1. The van der Waals surface area contributed by atoms with Crippen LogP contribution in [0.3, 0.4) is 0 Å². The molecule has 120 valence electrons. The quantitative estimate of drug-likeness (QED) is 0.851. The topological polar surface area (TPSA) is 66.5 Å². The molecule has 0 spiro atoms. The van der Waals surface area contributed by atoms with Gasteiger partial charge in [-0.25, -0.2) is 15.0 Å². The lowest BCUT2D eigenvalue weighted by Gasteiger charge is -2.09. The number of nitrogens with zero attached hydrogens (tertiary/aromatic N) is 3. The second-order valence-electron chi connectivity index (χ2n) is 4.31. The van der Waals surface area contributed by atoms with E-state index in [0.717, 1.165) is 6.07 Å². The molecule has 5 nitrogen and oxygen atoms in total. The number of halogens is 6. The Kier molecular flexibility index (Phi) is 3.98. The van der Waals surface area contributed by atoms with Crippen LogP contribution in [0.2, 0.25) is 0 Å². The molecule has 0 unspecified atom stereocenters. The van der Waals surface area contributed by atoms with E-state index < -0.39 is 23.7 Å². The van der Waals surface area contributed by atoms with Crippen LogP contribution in [0.1, 0.15) is 22.9 Å². The van der Waals surface area contributed by atoms with Crippen LogP contribution in [0.15, 0.2) is 12.3 Å². The summed E-state index contributed by atoms with van der Waals surface area (Å²) in [6.07, 6.45) is -8.62. The largest absolute Gasteiger partial charge is 0.433 e. The molecule has 22 heavy (non-hydrogen) atoms. The zero-order valence-electron chi connectivity index (χ0n) is 11.0. The summed E-state index contributed by atoms with van der Waals surface area (Å²) in [4.78, 5) is 12.5. The van der Waals surface area contributed by atoms with Crippen molar-refractivity contribution < 1.29 is 26.3 Å². The molecule has 0 amide bonds. The van der Waals surface area contributed by atoms with Gasteiger partial charge in [-0.3, -0.25) is 0 Å². The smallest absolute Gasteiger partial charge is 0.347 e. The molecule has 2 aromatic rings. The van der Waals surface area contributed by atoms with Crippen LogP contribution >= 0.6 is 0 Å². The van der Waals surface area contributed by atoms with Crippen LogP contribution in [-0.2, 0) is 18.9 Å². The molecule has 0 aromatic carbocycles. The van der Waals surface area contributed by atoms with Gasteiger partial charge >= 0.3 is 12.4 Å². The van der Waals surface area contributed by atoms with Crippen LogP contribution in [0.5, 0.6) is 0 Å². The standard InChI is InChI=1S/C11H9F6N5/c1-5-2-6(10(12,13)14)22-9(20-5)19-4-8-18-3-7(21-8)11(15,16)17/h2-3H,4H2,1H3,(H,18,21)(H,19,20,22). The van der Waals surface area contributed by atoms with Crippen molar-refractivity contribution in [2.24, 2.45) is 0 Å². The number of nitrogens with one attached hydrogen (secondary N) is 2. The van der Waals surface area contributed by atoms with Gasteiger partial charge in [-0.2, -0.15) is 26.3 Å². The number of rotatable bonds is 3. The number of hydrogen-bond acceptors (Lipinski definition) is 4. The van der Waals surface area contributed by atoms with Crippen molar-refractivity contribution in [1.29, 1.82) is 0 Å². The highest BCUT2D eigenvalue weighted by atomic mass is 19.4. The lowest BCUT2D eigenvalue weighted by atomic mass is 10.3. The van der Waals surface area contributed by atoms with E-state index in [9.17, 15) is 26.3 Å². The zero-order valence-corrected chi connectivity index (χ0v) is 11.0. The Hall–Kier alpha value is -2.33. The molecule has 2 N–H and O–H groups in total. The molecule has 0 aliphatic carbocycles. The van der Waals surface area contributed by atoms with E-state index >= 15 is 0 Å². The highest BCUT2D eigenvalue weighted by molar-refractivity contribution is 5.29. The first-order valence-electron chi connectivity index (χ1n) is 5.83. The normalized spacial score (nSPS) is 12.5. The van der Waals surface area contributed by atoms with Gasteiger partial charge in [0.2, 0.25) is 5.95 Å². The van der Waals surface area contributed by atoms with Gasteiger partial charge in [0, 0.05) is 5.69 Å². The van der Waals surface area contributed by atoms with E-state index in [1.807, 2.05) is 4.98 Å². The number of aromatic nitrogens is 4. The van der Waals surface area contributed by atoms with E-state index in [-0.39, 0.29) is 24.0 Å². The lowest BCUT2D eigenvalue weighted by molar-refractivity contribution is -0.141. The van der Waals surface area contributed by atoms with E-state index in [0.29, 0.717) is 6.20 Å². The molecule has 0 aliphatic heterocycles. The van der Waals surface area contributed by atoms with E-state index in [1.54, 1.807) is 0 Å².